The quantitative estimate of drug-likeness (QED) is 0.853. The van der Waals surface area contributed by atoms with Gasteiger partial charge in [-0.3, -0.25) is 4.79 Å². The lowest BCUT2D eigenvalue weighted by atomic mass is 9.98. The van der Waals surface area contributed by atoms with Crippen molar-refractivity contribution < 1.29 is 9.53 Å². The van der Waals surface area contributed by atoms with Crippen molar-refractivity contribution >= 4 is 17.7 Å². The van der Waals surface area contributed by atoms with Crippen LogP contribution in [0, 0.1) is 12.8 Å². The monoisotopic (exact) mass is 305 g/mol. The molecule has 0 bridgehead atoms. The standard InChI is InChI=1S/C15H23N5O2/c1-11-10-13(18-15(16)17-11)19-4-6-20(7-5-19)14(21)12-2-8-22-9-3-12/h10,12H,2-9H2,1H3,(H2,16,17,18). The third-order valence-corrected chi connectivity index (χ3v) is 4.34. The fraction of sp³-hybridized carbons (Fsp3) is 0.667. The highest BCUT2D eigenvalue weighted by molar-refractivity contribution is 5.79. The van der Waals surface area contributed by atoms with Crippen molar-refractivity contribution in [2.24, 2.45) is 5.92 Å². The number of nitrogen functional groups attached to an aromatic ring is 1. The van der Waals surface area contributed by atoms with Gasteiger partial charge in [0.1, 0.15) is 5.82 Å². The van der Waals surface area contributed by atoms with Crippen LogP contribution in [-0.4, -0.2) is 60.2 Å². The van der Waals surface area contributed by atoms with Crippen LogP contribution in [0.2, 0.25) is 0 Å². The van der Waals surface area contributed by atoms with Gasteiger partial charge in [-0.2, -0.15) is 4.98 Å². The molecule has 2 saturated heterocycles. The zero-order chi connectivity index (χ0) is 15.5. The second-order valence-electron chi connectivity index (χ2n) is 5.92. The van der Waals surface area contributed by atoms with Crippen molar-refractivity contribution in [1.82, 2.24) is 14.9 Å². The molecular formula is C15H23N5O2. The first-order valence-corrected chi connectivity index (χ1v) is 7.86. The average Bonchev–Trinajstić information content (AvgIpc) is 2.54. The Kier molecular flexibility index (Phi) is 4.42. The van der Waals surface area contributed by atoms with E-state index in [0.29, 0.717) is 19.2 Å². The number of piperazine rings is 1. The summed E-state index contributed by atoms with van der Waals surface area (Å²) in [4.78, 5) is 25.0. The fourth-order valence-electron chi connectivity index (χ4n) is 3.10. The van der Waals surface area contributed by atoms with Gasteiger partial charge in [-0.15, -0.1) is 0 Å². The lowest BCUT2D eigenvalue weighted by molar-refractivity contribution is -0.138. The maximum Gasteiger partial charge on any atom is 0.225 e. The minimum absolute atomic E-state index is 0.136. The first-order valence-electron chi connectivity index (χ1n) is 7.86. The van der Waals surface area contributed by atoms with Crippen LogP contribution in [0.3, 0.4) is 0 Å². The fourth-order valence-corrected chi connectivity index (χ4v) is 3.10. The highest BCUT2D eigenvalue weighted by atomic mass is 16.5. The van der Waals surface area contributed by atoms with Crippen molar-refractivity contribution in [3.05, 3.63) is 11.8 Å². The van der Waals surface area contributed by atoms with Gasteiger partial charge in [-0.25, -0.2) is 4.98 Å². The summed E-state index contributed by atoms with van der Waals surface area (Å²) in [6.07, 6.45) is 1.70. The molecule has 0 aromatic carbocycles. The van der Waals surface area contributed by atoms with Crippen LogP contribution < -0.4 is 10.6 Å². The molecule has 2 aliphatic rings. The summed E-state index contributed by atoms with van der Waals surface area (Å²) in [6.45, 7) is 6.35. The van der Waals surface area contributed by atoms with Crippen LogP contribution in [0.5, 0.6) is 0 Å². The number of carbonyl (C=O) groups is 1. The molecule has 2 N–H and O–H groups in total. The molecule has 0 aliphatic carbocycles. The number of anilines is 2. The molecule has 120 valence electrons. The number of nitrogens with zero attached hydrogens (tertiary/aromatic N) is 4. The summed E-state index contributed by atoms with van der Waals surface area (Å²) in [7, 11) is 0. The number of aromatic nitrogens is 2. The van der Waals surface area contributed by atoms with Crippen LogP contribution in [0.25, 0.3) is 0 Å². The predicted molar refractivity (Wildman–Crippen MR) is 83.5 cm³/mol. The van der Waals surface area contributed by atoms with Crippen molar-refractivity contribution in [1.29, 1.82) is 0 Å². The molecule has 1 amide bonds. The zero-order valence-electron chi connectivity index (χ0n) is 13.0. The molecule has 0 atom stereocenters. The second-order valence-corrected chi connectivity index (χ2v) is 5.92. The Labute approximate surface area is 130 Å². The van der Waals surface area contributed by atoms with Gasteiger partial charge >= 0.3 is 0 Å². The Morgan fingerprint density at radius 2 is 1.91 bits per heavy atom. The highest BCUT2D eigenvalue weighted by Crippen LogP contribution is 2.20. The number of carbonyl (C=O) groups excluding carboxylic acids is 1. The number of amides is 1. The first kappa shape index (κ1) is 15.0. The van der Waals surface area contributed by atoms with Gasteiger partial charge in [0.05, 0.1) is 0 Å². The van der Waals surface area contributed by atoms with E-state index in [2.05, 4.69) is 14.9 Å². The van der Waals surface area contributed by atoms with E-state index in [9.17, 15) is 4.79 Å². The van der Waals surface area contributed by atoms with E-state index in [-0.39, 0.29) is 11.8 Å². The van der Waals surface area contributed by atoms with Gasteiger partial charge in [-0.05, 0) is 19.8 Å². The lowest BCUT2D eigenvalue weighted by Gasteiger charge is -2.37. The van der Waals surface area contributed by atoms with Gasteiger partial charge in [0.25, 0.3) is 0 Å². The summed E-state index contributed by atoms with van der Waals surface area (Å²) < 4.78 is 5.33. The number of nitrogens with two attached hydrogens (primary N) is 1. The Bertz CT molecular complexity index is 516. The summed E-state index contributed by atoms with van der Waals surface area (Å²) in [6, 6.07) is 1.94. The molecule has 3 heterocycles. The molecule has 2 fully saturated rings. The third-order valence-electron chi connectivity index (χ3n) is 4.34. The average molecular weight is 305 g/mol. The van der Waals surface area contributed by atoms with Gasteiger partial charge in [0.15, 0.2) is 0 Å². The van der Waals surface area contributed by atoms with E-state index in [1.165, 1.54) is 0 Å². The molecule has 3 rings (SSSR count). The molecule has 22 heavy (non-hydrogen) atoms. The molecule has 7 nitrogen and oxygen atoms in total. The largest absolute Gasteiger partial charge is 0.381 e. The van der Waals surface area contributed by atoms with Crippen molar-refractivity contribution in [3.8, 4) is 0 Å². The van der Waals surface area contributed by atoms with Gasteiger partial charge in [-0.1, -0.05) is 0 Å². The van der Waals surface area contributed by atoms with E-state index in [1.54, 1.807) is 0 Å². The van der Waals surface area contributed by atoms with E-state index in [0.717, 1.165) is 50.5 Å². The number of hydrogen-bond acceptors (Lipinski definition) is 6. The van der Waals surface area contributed by atoms with Crippen molar-refractivity contribution in [2.75, 3.05) is 50.0 Å². The van der Waals surface area contributed by atoms with E-state index < -0.39 is 0 Å². The minimum Gasteiger partial charge on any atom is -0.381 e. The number of rotatable bonds is 2. The molecule has 2 aliphatic heterocycles. The van der Waals surface area contributed by atoms with E-state index in [4.69, 9.17) is 10.5 Å². The summed E-state index contributed by atoms with van der Waals surface area (Å²) >= 11 is 0. The number of ether oxygens (including phenoxy) is 1. The Morgan fingerprint density at radius 1 is 1.23 bits per heavy atom. The number of hydrogen-bond donors (Lipinski definition) is 1. The molecule has 1 aromatic rings. The van der Waals surface area contributed by atoms with Gasteiger partial charge < -0.3 is 20.3 Å². The molecular weight excluding hydrogens is 282 g/mol. The van der Waals surface area contributed by atoms with Crippen LogP contribution >= 0.6 is 0 Å². The Balaban J connectivity index is 1.58. The van der Waals surface area contributed by atoms with Gasteiger partial charge in [0.2, 0.25) is 11.9 Å². The minimum atomic E-state index is 0.136. The summed E-state index contributed by atoms with van der Waals surface area (Å²) in [5, 5.41) is 0. The smallest absolute Gasteiger partial charge is 0.225 e. The van der Waals surface area contributed by atoms with Crippen LogP contribution in [0.4, 0.5) is 11.8 Å². The van der Waals surface area contributed by atoms with E-state index in [1.807, 2.05) is 17.9 Å². The predicted octanol–water partition coefficient (Wildman–Crippen LogP) is 0.442. The van der Waals surface area contributed by atoms with Crippen molar-refractivity contribution in [3.63, 3.8) is 0 Å². The summed E-state index contributed by atoms with van der Waals surface area (Å²) in [5.74, 6) is 1.57. The second kappa shape index (κ2) is 6.48. The third kappa shape index (κ3) is 3.30. The van der Waals surface area contributed by atoms with E-state index >= 15 is 0 Å². The SMILES string of the molecule is Cc1cc(N2CCN(C(=O)C3CCOCC3)CC2)nc(N)n1. The molecule has 0 unspecified atom stereocenters. The molecule has 0 saturated carbocycles. The maximum absolute atomic E-state index is 12.5. The Hall–Kier alpha value is -1.89. The molecule has 0 radical (unpaired) electrons. The van der Waals surface area contributed by atoms with Crippen LogP contribution in [0.1, 0.15) is 18.5 Å². The van der Waals surface area contributed by atoms with Crippen molar-refractivity contribution in [2.45, 2.75) is 19.8 Å². The molecule has 0 spiro atoms. The van der Waals surface area contributed by atoms with Crippen LogP contribution in [-0.2, 0) is 9.53 Å². The normalized spacial score (nSPS) is 20.2. The topological polar surface area (TPSA) is 84.6 Å². The zero-order valence-corrected chi connectivity index (χ0v) is 13.0. The Morgan fingerprint density at radius 3 is 2.55 bits per heavy atom. The summed E-state index contributed by atoms with van der Waals surface area (Å²) in [5.41, 5.74) is 6.58. The maximum atomic E-state index is 12.5. The van der Waals surface area contributed by atoms with Crippen LogP contribution in [0.15, 0.2) is 6.07 Å². The first-order chi connectivity index (χ1) is 10.6. The molecule has 7 heteroatoms. The van der Waals surface area contributed by atoms with Gasteiger partial charge in [0, 0.05) is 57.1 Å². The lowest BCUT2D eigenvalue weighted by Crippen LogP contribution is -2.51. The molecule has 1 aromatic heterocycles. The highest BCUT2D eigenvalue weighted by Gasteiger charge is 2.29. The number of aryl methyl sites for hydroxylation is 1.